The van der Waals surface area contributed by atoms with Crippen LogP contribution in [-0.2, 0) is 22.6 Å². The van der Waals surface area contributed by atoms with Crippen LogP contribution >= 0.6 is 0 Å². The van der Waals surface area contributed by atoms with Crippen LogP contribution in [0.2, 0.25) is 0 Å². The van der Waals surface area contributed by atoms with Crippen molar-refractivity contribution in [3.63, 3.8) is 0 Å². The summed E-state index contributed by atoms with van der Waals surface area (Å²) in [6.45, 7) is 3.29. The number of hydrogen-bond donors (Lipinski definition) is 3. The van der Waals surface area contributed by atoms with Crippen LogP contribution < -0.4 is 10.6 Å². The van der Waals surface area contributed by atoms with Crippen molar-refractivity contribution >= 4 is 22.7 Å². The van der Waals surface area contributed by atoms with E-state index in [2.05, 4.69) is 28.6 Å². The van der Waals surface area contributed by atoms with Crippen molar-refractivity contribution in [2.75, 3.05) is 6.54 Å². The Kier molecular flexibility index (Phi) is 3.76. The molecule has 2 aliphatic rings. The number of amides is 2. The molecule has 3 heterocycles. The minimum atomic E-state index is -0.605. The van der Waals surface area contributed by atoms with Gasteiger partial charge < -0.3 is 15.2 Å². The van der Waals surface area contributed by atoms with Gasteiger partial charge in [-0.3, -0.25) is 14.9 Å². The maximum atomic E-state index is 12.8. The highest BCUT2D eigenvalue weighted by Gasteiger charge is 2.43. The van der Waals surface area contributed by atoms with Gasteiger partial charge in [0.05, 0.1) is 6.54 Å². The number of nitrogens with one attached hydrogen (secondary N) is 3. The molecule has 126 valence electrons. The molecule has 1 aromatic carbocycles. The lowest BCUT2D eigenvalue weighted by atomic mass is 9.94. The molecule has 4 rings (SSSR count). The summed E-state index contributed by atoms with van der Waals surface area (Å²) in [5.41, 5.74) is 3.27. The SMILES string of the molecule is CCCCN[C@H]1NC(=O)[C@@H]2Cc3c([nH]c4ccccc34)CN2C1=O. The Morgan fingerprint density at radius 3 is 2.96 bits per heavy atom. The molecular formula is C18H22N4O2. The number of hydrogen-bond acceptors (Lipinski definition) is 3. The highest BCUT2D eigenvalue weighted by molar-refractivity contribution is 5.98. The molecular weight excluding hydrogens is 304 g/mol. The van der Waals surface area contributed by atoms with Gasteiger partial charge in [-0.15, -0.1) is 0 Å². The van der Waals surface area contributed by atoms with Gasteiger partial charge in [-0.25, -0.2) is 0 Å². The van der Waals surface area contributed by atoms with Crippen LogP contribution in [0.25, 0.3) is 10.9 Å². The molecule has 0 spiro atoms. The van der Waals surface area contributed by atoms with Gasteiger partial charge in [0.15, 0.2) is 6.17 Å². The first-order chi connectivity index (χ1) is 11.7. The number of benzene rings is 1. The van der Waals surface area contributed by atoms with Crippen LogP contribution in [0.1, 0.15) is 31.0 Å². The Bertz CT molecular complexity index is 797. The van der Waals surface area contributed by atoms with Crippen molar-refractivity contribution in [1.29, 1.82) is 0 Å². The van der Waals surface area contributed by atoms with Gasteiger partial charge >= 0.3 is 0 Å². The number of nitrogens with zero attached hydrogens (tertiary/aromatic N) is 1. The summed E-state index contributed by atoms with van der Waals surface area (Å²) in [7, 11) is 0. The summed E-state index contributed by atoms with van der Waals surface area (Å²) in [6.07, 6.45) is 1.99. The van der Waals surface area contributed by atoms with Crippen LogP contribution in [0.15, 0.2) is 24.3 Å². The maximum Gasteiger partial charge on any atom is 0.261 e. The highest BCUT2D eigenvalue weighted by Crippen LogP contribution is 2.31. The summed E-state index contributed by atoms with van der Waals surface area (Å²) >= 11 is 0. The Hall–Kier alpha value is -2.34. The Balaban J connectivity index is 1.62. The van der Waals surface area contributed by atoms with E-state index in [0.717, 1.165) is 41.5 Å². The van der Waals surface area contributed by atoms with Crippen LogP contribution in [-0.4, -0.2) is 40.5 Å². The Morgan fingerprint density at radius 1 is 1.29 bits per heavy atom. The monoisotopic (exact) mass is 326 g/mol. The third-order valence-electron chi connectivity index (χ3n) is 5.00. The van der Waals surface area contributed by atoms with E-state index in [-0.39, 0.29) is 11.8 Å². The third-order valence-corrected chi connectivity index (χ3v) is 5.00. The number of carbonyl (C=O) groups is 2. The van der Waals surface area contributed by atoms with Gasteiger partial charge in [0.2, 0.25) is 5.91 Å². The standard InChI is InChI=1S/C18H22N4O2/c1-2-3-8-19-16-18(24)22-10-14-12(9-15(22)17(23)21-16)11-6-4-5-7-13(11)20-14/h4-7,15-16,19-20H,2-3,8-10H2,1H3,(H,21,23)/t15-,16-/m0/s1. The lowest BCUT2D eigenvalue weighted by molar-refractivity contribution is -0.151. The second kappa shape index (κ2) is 5.94. The van der Waals surface area contributed by atoms with E-state index in [1.807, 2.05) is 18.2 Å². The molecule has 2 aliphatic heterocycles. The smallest absolute Gasteiger partial charge is 0.261 e. The van der Waals surface area contributed by atoms with Gasteiger partial charge in [0.1, 0.15) is 6.04 Å². The predicted octanol–water partition coefficient (Wildman–Crippen LogP) is 1.27. The second-order valence-corrected chi connectivity index (χ2v) is 6.56. The molecule has 1 saturated heterocycles. The molecule has 0 bridgehead atoms. The lowest BCUT2D eigenvalue weighted by Crippen LogP contribution is -2.68. The highest BCUT2D eigenvalue weighted by atomic mass is 16.2. The van der Waals surface area contributed by atoms with E-state index >= 15 is 0 Å². The van der Waals surface area contributed by atoms with E-state index < -0.39 is 12.2 Å². The fraction of sp³-hybridized carbons (Fsp3) is 0.444. The zero-order valence-electron chi connectivity index (χ0n) is 13.8. The summed E-state index contributed by atoms with van der Waals surface area (Å²) in [6, 6.07) is 7.68. The lowest BCUT2D eigenvalue weighted by Gasteiger charge is -2.41. The molecule has 0 unspecified atom stereocenters. The first-order valence-corrected chi connectivity index (χ1v) is 8.61. The first-order valence-electron chi connectivity index (χ1n) is 8.61. The van der Waals surface area contributed by atoms with Crippen molar-refractivity contribution in [2.45, 2.75) is 44.9 Å². The number of rotatable bonds is 4. The largest absolute Gasteiger partial charge is 0.357 e. The van der Waals surface area contributed by atoms with Gasteiger partial charge in [0.25, 0.3) is 5.91 Å². The summed E-state index contributed by atoms with van der Waals surface area (Å²) < 4.78 is 0. The van der Waals surface area contributed by atoms with E-state index in [4.69, 9.17) is 0 Å². The fourth-order valence-electron chi connectivity index (χ4n) is 3.70. The zero-order chi connectivity index (χ0) is 16.7. The molecule has 2 amide bonds. The molecule has 6 heteroatoms. The maximum absolute atomic E-state index is 12.8. The molecule has 2 atom stereocenters. The summed E-state index contributed by atoms with van der Waals surface area (Å²) in [5.74, 6) is -0.112. The number of para-hydroxylation sites is 1. The summed E-state index contributed by atoms with van der Waals surface area (Å²) in [5, 5.41) is 7.15. The van der Waals surface area contributed by atoms with Crippen LogP contribution in [0, 0.1) is 0 Å². The topological polar surface area (TPSA) is 77.2 Å². The number of aromatic nitrogens is 1. The number of carbonyl (C=O) groups excluding carboxylic acids is 2. The van der Waals surface area contributed by atoms with E-state index in [1.165, 1.54) is 0 Å². The molecule has 0 aliphatic carbocycles. The normalized spacial score (nSPS) is 23.1. The minimum absolute atomic E-state index is 0.0417. The van der Waals surface area contributed by atoms with Gasteiger partial charge in [-0.2, -0.15) is 0 Å². The molecule has 0 radical (unpaired) electrons. The van der Waals surface area contributed by atoms with Crippen LogP contribution in [0.4, 0.5) is 0 Å². The molecule has 24 heavy (non-hydrogen) atoms. The fourth-order valence-corrected chi connectivity index (χ4v) is 3.70. The second-order valence-electron chi connectivity index (χ2n) is 6.56. The Labute approximate surface area is 140 Å². The molecule has 1 aromatic heterocycles. The first kappa shape index (κ1) is 15.2. The number of aromatic amines is 1. The number of H-pyrrole nitrogens is 1. The average Bonchev–Trinajstić information content (AvgIpc) is 2.96. The van der Waals surface area contributed by atoms with Gasteiger partial charge in [-0.1, -0.05) is 31.5 Å². The molecule has 0 saturated carbocycles. The van der Waals surface area contributed by atoms with E-state index in [0.29, 0.717) is 13.0 Å². The van der Waals surface area contributed by atoms with Crippen molar-refractivity contribution in [1.82, 2.24) is 20.5 Å². The minimum Gasteiger partial charge on any atom is -0.357 e. The van der Waals surface area contributed by atoms with Crippen molar-refractivity contribution in [3.05, 3.63) is 35.5 Å². The quantitative estimate of drug-likeness (QED) is 0.741. The third kappa shape index (κ3) is 2.38. The molecule has 3 N–H and O–H groups in total. The van der Waals surface area contributed by atoms with Crippen molar-refractivity contribution in [2.24, 2.45) is 0 Å². The summed E-state index contributed by atoms with van der Waals surface area (Å²) in [4.78, 5) is 30.4. The predicted molar refractivity (Wildman–Crippen MR) is 91.2 cm³/mol. The molecule has 1 fully saturated rings. The molecule has 2 aromatic rings. The zero-order valence-corrected chi connectivity index (χ0v) is 13.8. The molecule has 6 nitrogen and oxygen atoms in total. The number of fused-ring (bicyclic) bond motifs is 4. The number of unbranched alkanes of at least 4 members (excludes halogenated alkanes) is 1. The Morgan fingerprint density at radius 2 is 2.12 bits per heavy atom. The number of piperazine rings is 1. The van der Waals surface area contributed by atoms with Crippen molar-refractivity contribution < 1.29 is 9.59 Å². The van der Waals surface area contributed by atoms with Crippen LogP contribution in [0.5, 0.6) is 0 Å². The van der Waals surface area contributed by atoms with Gasteiger partial charge in [0, 0.05) is 23.0 Å². The van der Waals surface area contributed by atoms with E-state index in [9.17, 15) is 9.59 Å². The average molecular weight is 326 g/mol. The van der Waals surface area contributed by atoms with Crippen molar-refractivity contribution in [3.8, 4) is 0 Å². The van der Waals surface area contributed by atoms with Gasteiger partial charge in [-0.05, 0) is 24.6 Å². The van der Waals surface area contributed by atoms with Crippen LogP contribution in [0.3, 0.4) is 0 Å². The van der Waals surface area contributed by atoms with E-state index in [1.54, 1.807) is 4.90 Å².